The second-order valence-electron chi connectivity index (χ2n) is 12.2. The average molecular weight is 550 g/mol. The molecule has 4 aliphatic heterocycles. The van der Waals surface area contributed by atoms with E-state index in [4.69, 9.17) is 4.74 Å². The van der Waals surface area contributed by atoms with Gasteiger partial charge in [0, 0.05) is 25.3 Å². The molecule has 3 amide bonds. The van der Waals surface area contributed by atoms with Crippen LogP contribution in [0.2, 0.25) is 0 Å². The number of fused-ring (bicyclic) bond motifs is 2. The van der Waals surface area contributed by atoms with E-state index in [1.165, 1.54) is 0 Å². The van der Waals surface area contributed by atoms with Crippen molar-refractivity contribution in [2.45, 2.75) is 77.7 Å². The maximum Gasteiger partial charge on any atom is 0.253 e. The number of aliphatic hydroxyl groups excluding tert-OH is 1. The lowest BCUT2D eigenvalue weighted by atomic mass is 9.74. The summed E-state index contributed by atoms with van der Waals surface area (Å²) >= 11 is 0. The highest BCUT2D eigenvalue weighted by molar-refractivity contribution is 6.06. The zero-order valence-electron chi connectivity index (χ0n) is 24.6. The van der Waals surface area contributed by atoms with Crippen molar-refractivity contribution in [3.8, 4) is 0 Å². The van der Waals surface area contributed by atoms with E-state index in [0.717, 1.165) is 29.7 Å². The highest BCUT2D eigenvalue weighted by Crippen LogP contribution is 2.58. The topological polar surface area (TPSA) is 90.4 Å². The molecule has 8 nitrogen and oxygen atoms in total. The van der Waals surface area contributed by atoms with Crippen LogP contribution in [0.4, 0.5) is 5.69 Å². The summed E-state index contributed by atoms with van der Waals surface area (Å²) in [7, 11) is 0. The zero-order chi connectivity index (χ0) is 29.0. The number of amides is 3. The summed E-state index contributed by atoms with van der Waals surface area (Å²) in [6, 6.07) is 4.32. The number of likely N-dealkylation sites (tertiary alicyclic amines) is 1. The van der Waals surface area contributed by atoms with Crippen LogP contribution in [0.1, 0.15) is 51.7 Å². The molecule has 216 valence electrons. The first-order chi connectivity index (χ1) is 19.1. The number of anilines is 1. The number of ether oxygens (including phenoxy) is 1. The molecule has 2 fully saturated rings. The first-order valence-corrected chi connectivity index (χ1v) is 14.7. The predicted octanol–water partition coefficient (Wildman–Crippen LogP) is 3.39. The summed E-state index contributed by atoms with van der Waals surface area (Å²) in [6.07, 6.45) is 9.17. The van der Waals surface area contributed by atoms with Crippen LogP contribution in [0.15, 0.2) is 42.5 Å². The Labute approximate surface area is 237 Å². The van der Waals surface area contributed by atoms with Crippen LogP contribution in [-0.4, -0.2) is 82.2 Å². The fourth-order valence-electron chi connectivity index (χ4n) is 7.59. The van der Waals surface area contributed by atoms with Gasteiger partial charge in [0.05, 0.1) is 30.1 Å². The first-order valence-electron chi connectivity index (χ1n) is 14.7. The maximum absolute atomic E-state index is 14.8. The van der Waals surface area contributed by atoms with E-state index in [1.807, 2.05) is 84.0 Å². The van der Waals surface area contributed by atoms with Crippen LogP contribution in [0.5, 0.6) is 0 Å². The van der Waals surface area contributed by atoms with E-state index in [0.29, 0.717) is 19.6 Å². The van der Waals surface area contributed by atoms with Gasteiger partial charge in [0.15, 0.2) is 0 Å². The van der Waals surface area contributed by atoms with Crippen molar-refractivity contribution >= 4 is 23.4 Å². The Balaban J connectivity index is 1.71. The second kappa shape index (κ2) is 10.5. The van der Waals surface area contributed by atoms with E-state index in [9.17, 15) is 19.5 Å². The van der Waals surface area contributed by atoms with E-state index < -0.39 is 35.1 Å². The molecule has 1 aromatic rings. The molecule has 0 saturated carbocycles. The van der Waals surface area contributed by atoms with Gasteiger partial charge in [-0.1, -0.05) is 69.7 Å². The number of aryl methyl sites for hydroxylation is 2. The molecule has 1 unspecified atom stereocenters. The van der Waals surface area contributed by atoms with E-state index in [-0.39, 0.29) is 30.2 Å². The quantitative estimate of drug-likeness (QED) is 0.527. The summed E-state index contributed by atoms with van der Waals surface area (Å²) in [5, 5.41) is 10.6. The van der Waals surface area contributed by atoms with Crippen molar-refractivity contribution in [3.05, 3.63) is 53.6 Å². The number of benzene rings is 1. The van der Waals surface area contributed by atoms with Gasteiger partial charge in [0.1, 0.15) is 11.6 Å². The molecule has 2 saturated heterocycles. The zero-order valence-corrected chi connectivity index (χ0v) is 24.6. The second-order valence-corrected chi connectivity index (χ2v) is 12.2. The molecule has 8 heteroatoms. The van der Waals surface area contributed by atoms with Gasteiger partial charge >= 0.3 is 0 Å². The van der Waals surface area contributed by atoms with Crippen molar-refractivity contribution in [2.75, 3.05) is 31.1 Å². The lowest BCUT2D eigenvalue weighted by molar-refractivity contribution is -0.152. The molecule has 1 spiro atoms. The SMILES string of the molecule is CCCN1CC=C[C@]2(C)O[C@]34C=CCN(c5c(C)cccc5C)C(=O)C3N([C@@H](CO)[C@@H](C)CC)C(=O)[C@@H]4[C@@H]2C1=O. The van der Waals surface area contributed by atoms with Crippen LogP contribution in [0.25, 0.3) is 0 Å². The number of rotatable bonds is 7. The fraction of sp³-hybridized carbons (Fsp3) is 0.594. The van der Waals surface area contributed by atoms with Crippen LogP contribution in [-0.2, 0) is 19.1 Å². The minimum absolute atomic E-state index is 0.0637. The third-order valence-electron chi connectivity index (χ3n) is 9.63. The number of hydrogen-bond donors (Lipinski definition) is 1. The lowest BCUT2D eigenvalue weighted by Crippen LogP contribution is -2.60. The highest BCUT2D eigenvalue weighted by atomic mass is 16.5. The number of carbonyl (C=O) groups excluding carboxylic acids is 3. The van der Waals surface area contributed by atoms with Crippen LogP contribution < -0.4 is 4.90 Å². The van der Waals surface area contributed by atoms with Crippen molar-refractivity contribution in [1.82, 2.24) is 9.80 Å². The van der Waals surface area contributed by atoms with Crippen molar-refractivity contribution in [2.24, 2.45) is 17.8 Å². The van der Waals surface area contributed by atoms with Crippen molar-refractivity contribution < 1.29 is 24.2 Å². The van der Waals surface area contributed by atoms with Gasteiger partial charge in [-0.2, -0.15) is 0 Å². The molecular weight excluding hydrogens is 506 g/mol. The largest absolute Gasteiger partial charge is 0.394 e. The van der Waals surface area contributed by atoms with Gasteiger partial charge in [-0.15, -0.1) is 0 Å². The average Bonchev–Trinajstić information content (AvgIpc) is 3.19. The molecular formula is C32H43N3O5. The van der Waals surface area contributed by atoms with E-state index in [1.54, 1.807) is 14.7 Å². The van der Waals surface area contributed by atoms with E-state index >= 15 is 0 Å². The highest BCUT2D eigenvalue weighted by Gasteiger charge is 2.75. The minimum atomic E-state index is -1.34. The van der Waals surface area contributed by atoms with Crippen molar-refractivity contribution in [1.29, 1.82) is 0 Å². The number of hydrogen-bond acceptors (Lipinski definition) is 5. The maximum atomic E-state index is 14.8. The molecule has 0 aromatic heterocycles. The van der Waals surface area contributed by atoms with Gasteiger partial charge in [-0.25, -0.2) is 0 Å². The van der Waals surface area contributed by atoms with Gasteiger partial charge in [-0.05, 0) is 44.2 Å². The summed E-state index contributed by atoms with van der Waals surface area (Å²) < 4.78 is 6.94. The smallest absolute Gasteiger partial charge is 0.253 e. The Morgan fingerprint density at radius 1 is 1.00 bits per heavy atom. The molecule has 4 heterocycles. The molecule has 4 aliphatic rings. The van der Waals surface area contributed by atoms with Gasteiger partial charge < -0.3 is 24.5 Å². The number of aliphatic hydroxyl groups is 1. The third-order valence-corrected chi connectivity index (χ3v) is 9.63. The molecule has 7 atom stereocenters. The monoisotopic (exact) mass is 549 g/mol. The molecule has 40 heavy (non-hydrogen) atoms. The number of nitrogens with zero attached hydrogens (tertiary/aromatic N) is 3. The Bertz CT molecular complexity index is 1240. The molecule has 0 radical (unpaired) electrons. The van der Waals surface area contributed by atoms with Gasteiger partial charge in [-0.3, -0.25) is 14.4 Å². The van der Waals surface area contributed by atoms with Crippen LogP contribution >= 0.6 is 0 Å². The van der Waals surface area contributed by atoms with Crippen LogP contribution in [0, 0.1) is 31.6 Å². The number of para-hydroxylation sites is 1. The van der Waals surface area contributed by atoms with Gasteiger partial charge in [0.25, 0.3) is 5.91 Å². The van der Waals surface area contributed by atoms with Crippen molar-refractivity contribution in [3.63, 3.8) is 0 Å². The predicted molar refractivity (Wildman–Crippen MR) is 154 cm³/mol. The first kappa shape index (κ1) is 28.6. The third kappa shape index (κ3) is 4.05. The minimum Gasteiger partial charge on any atom is -0.394 e. The molecule has 0 aliphatic carbocycles. The summed E-state index contributed by atoms with van der Waals surface area (Å²) in [4.78, 5) is 48.7. The summed E-state index contributed by atoms with van der Waals surface area (Å²) in [6.45, 7) is 12.9. The molecule has 1 N–H and O–H groups in total. The van der Waals surface area contributed by atoms with Crippen LogP contribution in [0.3, 0.4) is 0 Å². The molecule has 1 aromatic carbocycles. The Morgan fingerprint density at radius 2 is 1.68 bits per heavy atom. The fourth-order valence-corrected chi connectivity index (χ4v) is 7.59. The molecule has 5 rings (SSSR count). The Kier molecular flexibility index (Phi) is 7.46. The Morgan fingerprint density at radius 3 is 2.30 bits per heavy atom. The standard InChI is InChI=1S/C32H43N3O5/c1-7-16-33-17-10-14-31(6)24(28(33)37)25-29(38)35(23(19-36)20(3)8-2)27-30(39)34(18-11-15-32(25,27)40-31)26-21(4)12-9-13-22(26)5/h9-15,20,23-25,27,36H,7-8,16-19H2,1-6H3/t20-,23-,24+,25-,27?,31-,32-/m0/s1. The normalized spacial score (nSPS) is 33.0. The summed E-state index contributed by atoms with van der Waals surface area (Å²) in [5.41, 5.74) is 0.354. The van der Waals surface area contributed by atoms with Gasteiger partial charge in [0.2, 0.25) is 11.8 Å². The lowest BCUT2D eigenvalue weighted by Gasteiger charge is -2.41. The molecule has 0 bridgehead atoms. The Hall–Kier alpha value is -2.97. The summed E-state index contributed by atoms with van der Waals surface area (Å²) in [5.74, 6) is -2.38. The number of carbonyl (C=O) groups is 3. The van der Waals surface area contributed by atoms with E-state index in [2.05, 4.69) is 0 Å².